The fourth-order valence-corrected chi connectivity index (χ4v) is 4.16. The van der Waals surface area contributed by atoms with Gasteiger partial charge in [-0.05, 0) is 42.4 Å². The lowest BCUT2D eigenvalue weighted by molar-refractivity contribution is -0.552. The maximum absolute atomic E-state index is 13.0. The quantitative estimate of drug-likeness (QED) is 0.744. The van der Waals surface area contributed by atoms with Gasteiger partial charge < -0.3 is 0 Å². The highest BCUT2D eigenvalue weighted by Gasteiger charge is 2.53. The number of aliphatic imine (C=N–C) groups is 1. The van der Waals surface area contributed by atoms with Gasteiger partial charge in [0.15, 0.2) is 0 Å². The van der Waals surface area contributed by atoms with Gasteiger partial charge in [-0.1, -0.05) is 37.3 Å². The number of carbonyl (C=O) groups is 2. The number of amides is 3. The third-order valence-corrected chi connectivity index (χ3v) is 6.05. The molecule has 7 heteroatoms. The van der Waals surface area contributed by atoms with E-state index in [1.54, 1.807) is 14.1 Å². The van der Waals surface area contributed by atoms with Crippen LogP contribution in [0.1, 0.15) is 25.3 Å². The highest BCUT2D eigenvalue weighted by Crippen LogP contribution is 2.22. The van der Waals surface area contributed by atoms with Crippen molar-refractivity contribution in [1.82, 2.24) is 14.7 Å². The number of benzene rings is 1. The molecule has 28 heavy (non-hydrogen) atoms. The summed E-state index contributed by atoms with van der Waals surface area (Å²) in [5, 5.41) is 0. The van der Waals surface area contributed by atoms with Crippen molar-refractivity contribution in [1.29, 1.82) is 0 Å². The lowest BCUT2D eigenvalue weighted by Crippen LogP contribution is -2.61. The molecule has 0 radical (unpaired) electrons. The molecular formula is C21H28N5O2+. The predicted octanol–water partition coefficient (Wildman–Crippen LogP) is 1.63. The van der Waals surface area contributed by atoms with E-state index in [2.05, 4.69) is 28.5 Å². The summed E-state index contributed by atoms with van der Waals surface area (Å²) in [4.78, 5) is 35.3. The molecule has 7 nitrogen and oxygen atoms in total. The second kappa shape index (κ2) is 7.47. The summed E-state index contributed by atoms with van der Waals surface area (Å²) in [6, 6.07) is 9.25. The number of nitrogens with zero attached hydrogens (tertiary/aromatic N) is 5. The molecule has 0 saturated carbocycles. The number of likely N-dealkylation sites (N-methyl/N-ethyl adjacent to an activating group) is 2. The minimum Gasteiger partial charge on any atom is -0.292 e. The molecule has 3 amide bonds. The van der Waals surface area contributed by atoms with Crippen molar-refractivity contribution < 1.29 is 14.2 Å². The predicted molar refractivity (Wildman–Crippen MR) is 107 cm³/mol. The van der Waals surface area contributed by atoms with E-state index in [1.165, 1.54) is 22.6 Å². The van der Waals surface area contributed by atoms with Crippen LogP contribution in [0, 0.1) is 5.92 Å². The number of rotatable bonds is 4. The van der Waals surface area contributed by atoms with E-state index in [1.807, 2.05) is 18.2 Å². The van der Waals surface area contributed by atoms with Gasteiger partial charge in [0.2, 0.25) is 0 Å². The molecule has 148 valence electrons. The number of fused-ring (bicyclic) bond motifs is 1. The Morgan fingerprint density at radius 3 is 2.43 bits per heavy atom. The number of imide groups is 1. The Kier molecular flexibility index (Phi) is 5.02. The summed E-state index contributed by atoms with van der Waals surface area (Å²) in [5.74, 6) is 1.98. The van der Waals surface area contributed by atoms with Crippen LogP contribution in [-0.4, -0.2) is 82.7 Å². The van der Waals surface area contributed by atoms with Crippen molar-refractivity contribution >= 4 is 23.6 Å². The molecule has 0 aliphatic carbocycles. The average molecular weight is 382 g/mol. The fourth-order valence-electron chi connectivity index (χ4n) is 4.16. The minimum absolute atomic E-state index is 0.208. The molecule has 2 saturated heterocycles. The molecular weight excluding hydrogens is 354 g/mol. The Labute approximate surface area is 165 Å². The molecule has 1 aromatic carbocycles. The normalized spacial score (nSPS) is 24.1. The number of piperidine rings is 1. The van der Waals surface area contributed by atoms with E-state index < -0.39 is 6.04 Å². The van der Waals surface area contributed by atoms with Gasteiger partial charge in [-0.2, -0.15) is 0 Å². The zero-order valence-corrected chi connectivity index (χ0v) is 16.8. The van der Waals surface area contributed by atoms with E-state index in [0.29, 0.717) is 18.9 Å². The SMILES string of the molecule is CC1CCN(CC2=[N+](Cc3ccccc3)C3C(=O)N(C)C(=O)N(C)C3=N2)CC1. The molecule has 3 aliphatic heterocycles. The smallest absolute Gasteiger partial charge is 0.292 e. The van der Waals surface area contributed by atoms with Crippen LogP contribution in [0.4, 0.5) is 4.79 Å². The summed E-state index contributed by atoms with van der Waals surface area (Å²) in [6.07, 6.45) is 2.37. The van der Waals surface area contributed by atoms with Gasteiger partial charge in [0, 0.05) is 14.1 Å². The lowest BCUT2D eigenvalue weighted by atomic mass is 9.99. The molecule has 0 bridgehead atoms. The average Bonchev–Trinajstić information content (AvgIpc) is 3.05. The van der Waals surface area contributed by atoms with Gasteiger partial charge in [0.25, 0.3) is 17.8 Å². The van der Waals surface area contributed by atoms with Gasteiger partial charge in [-0.3, -0.25) is 19.5 Å². The number of hydrogen-bond donors (Lipinski definition) is 0. The lowest BCUT2D eigenvalue weighted by Gasteiger charge is -2.31. The first-order valence-electron chi connectivity index (χ1n) is 9.98. The maximum Gasteiger partial charge on any atom is 0.333 e. The molecule has 0 N–H and O–H groups in total. The van der Waals surface area contributed by atoms with Crippen molar-refractivity contribution in [2.45, 2.75) is 32.4 Å². The van der Waals surface area contributed by atoms with E-state index >= 15 is 0 Å². The maximum atomic E-state index is 13.0. The van der Waals surface area contributed by atoms with Gasteiger partial charge in [-0.25, -0.2) is 9.37 Å². The molecule has 0 spiro atoms. The number of amidine groups is 2. The molecule has 0 aromatic heterocycles. The van der Waals surface area contributed by atoms with E-state index in [9.17, 15) is 9.59 Å². The van der Waals surface area contributed by atoms with Gasteiger partial charge in [-0.15, -0.1) is 0 Å². The minimum atomic E-state index is -0.536. The number of likely N-dealkylation sites (tertiary alicyclic amines) is 1. The molecule has 1 unspecified atom stereocenters. The Balaban J connectivity index is 1.67. The fraction of sp³-hybridized carbons (Fsp3) is 0.524. The van der Waals surface area contributed by atoms with Crippen molar-refractivity contribution in [3.8, 4) is 0 Å². The first kappa shape index (κ1) is 18.8. The standard InChI is InChI=1S/C21H28N5O2/c1-15-9-11-25(12-10-15)14-17-22-19-18(20(27)24(3)21(28)23(19)2)26(17)13-16-7-5-4-6-8-16/h4-8,15,18H,9-14H2,1-3H3/q+1. The van der Waals surface area contributed by atoms with Crippen molar-refractivity contribution in [3.05, 3.63) is 35.9 Å². The zero-order chi connectivity index (χ0) is 19.8. The molecule has 1 aromatic rings. The highest BCUT2D eigenvalue weighted by atomic mass is 16.2. The van der Waals surface area contributed by atoms with Crippen LogP contribution >= 0.6 is 0 Å². The van der Waals surface area contributed by atoms with Crippen LogP contribution < -0.4 is 0 Å². The third kappa shape index (κ3) is 3.35. The number of hydrogen-bond acceptors (Lipinski definition) is 4. The Morgan fingerprint density at radius 2 is 1.75 bits per heavy atom. The molecule has 2 fully saturated rings. The Bertz CT molecular complexity index is 840. The van der Waals surface area contributed by atoms with Crippen LogP contribution in [-0.2, 0) is 11.3 Å². The van der Waals surface area contributed by atoms with Gasteiger partial charge >= 0.3 is 11.9 Å². The molecule has 4 rings (SSSR count). The van der Waals surface area contributed by atoms with Gasteiger partial charge in [0.05, 0.1) is 0 Å². The third-order valence-electron chi connectivity index (χ3n) is 6.05. The van der Waals surface area contributed by atoms with E-state index in [0.717, 1.165) is 30.4 Å². The van der Waals surface area contributed by atoms with Crippen LogP contribution in [0.25, 0.3) is 0 Å². The van der Waals surface area contributed by atoms with Crippen molar-refractivity contribution in [3.63, 3.8) is 0 Å². The summed E-state index contributed by atoms with van der Waals surface area (Å²) in [5.41, 5.74) is 1.12. The monoisotopic (exact) mass is 382 g/mol. The van der Waals surface area contributed by atoms with Crippen LogP contribution in [0.3, 0.4) is 0 Å². The van der Waals surface area contributed by atoms with Crippen molar-refractivity contribution in [2.24, 2.45) is 10.9 Å². The first-order valence-corrected chi connectivity index (χ1v) is 9.98. The topological polar surface area (TPSA) is 59.2 Å². The second-order valence-electron chi connectivity index (χ2n) is 8.10. The summed E-state index contributed by atoms with van der Waals surface area (Å²) >= 11 is 0. The molecule has 1 atom stereocenters. The number of carbonyl (C=O) groups excluding carboxylic acids is 2. The van der Waals surface area contributed by atoms with Crippen LogP contribution in [0.5, 0.6) is 0 Å². The van der Waals surface area contributed by atoms with Gasteiger partial charge in [0.1, 0.15) is 13.1 Å². The summed E-state index contributed by atoms with van der Waals surface area (Å²) in [7, 11) is 3.24. The van der Waals surface area contributed by atoms with Crippen molar-refractivity contribution in [2.75, 3.05) is 33.7 Å². The first-order chi connectivity index (χ1) is 13.5. The summed E-state index contributed by atoms with van der Waals surface area (Å²) < 4.78 is 2.07. The summed E-state index contributed by atoms with van der Waals surface area (Å²) in [6.45, 7) is 5.69. The Hall–Kier alpha value is -2.54. The Morgan fingerprint density at radius 1 is 1.07 bits per heavy atom. The molecule has 3 aliphatic rings. The van der Waals surface area contributed by atoms with E-state index in [-0.39, 0.29) is 11.9 Å². The molecule has 3 heterocycles. The van der Waals surface area contributed by atoms with Crippen LogP contribution in [0.15, 0.2) is 35.3 Å². The second-order valence-corrected chi connectivity index (χ2v) is 8.10. The highest BCUT2D eigenvalue weighted by molar-refractivity contribution is 6.23. The van der Waals surface area contributed by atoms with Crippen LogP contribution in [0.2, 0.25) is 0 Å². The largest absolute Gasteiger partial charge is 0.333 e. The number of urea groups is 1. The van der Waals surface area contributed by atoms with E-state index in [4.69, 9.17) is 4.99 Å². The zero-order valence-electron chi connectivity index (χ0n) is 16.8.